The van der Waals surface area contributed by atoms with E-state index >= 15 is 0 Å². The lowest BCUT2D eigenvalue weighted by Crippen LogP contribution is -2.05. The van der Waals surface area contributed by atoms with Crippen LogP contribution in [-0.2, 0) is 6.42 Å². The number of aliphatic hydroxyl groups excluding tert-OH is 1. The molecule has 0 aliphatic carbocycles. The van der Waals surface area contributed by atoms with Crippen molar-refractivity contribution in [2.24, 2.45) is 0 Å². The fraction of sp³-hybridized carbons (Fsp3) is 0.133. The minimum absolute atomic E-state index is 0.0628. The van der Waals surface area contributed by atoms with Gasteiger partial charge in [-0.15, -0.1) is 0 Å². The minimum atomic E-state index is -1.27. The van der Waals surface area contributed by atoms with Gasteiger partial charge in [0.15, 0.2) is 11.5 Å². The largest absolute Gasteiger partial charge is 0.441 e. The highest BCUT2D eigenvalue weighted by Gasteiger charge is 2.19. The van der Waals surface area contributed by atoms with Gasteiger partial charge in [0.1, 0.15) is 17.2 Å². The number of fused-ring (bicyclic) bond motifs is 1. The van der Waals surface area contributed by atoms with Gasteiger partial charge in [-0.25, -0.2) is 13.8 Å². The van der Waals surface area contributed by atoms with Gasteiger partial charge in [-0.3, -0.25) is 0 Å². The summed E-state index contributed by atoms with van der Waals surface area (Å²) in [6, 6.07) is 8.81. The highest BCUT2D eigenvalue weighted by Crippen LogP contribution is 2.27. The summed E-state index contributed by atoms with van der Waals surface area (Å²) < 4.78 is 32.5. The molecule has 1 atom stereocenters. The Labute approximate surface area is 123 Å². The number of aliphatic hydroxyl groups is 1. The molecule has 0 saturated carbocycles. The molecule has 0 fully saturated rings. The van der Waals surface area contributed by atoms with E-state index in [-0.39, 0.29) is 22.9 Å². The fourth-order valence-corrected chi connectivity index (χ4v) is 2.23. The van der Waals surface area contributed by atoms with Gasteiger partial charge >= 0.3 is 0 Å². The average Bonchev–Trinajstić information content (AvgIpc) is 2.84. The summed E-state index contributed by atoms with van der Waals surface area (Å²) in [7, 11) is 0. The molecule has 3 aromatic rings. The Balaban J connectivity index is 1.89. The van der Waals surface area contributed by atoms with Crippen molar-refractivity contribution in [2.45, 2.75) is 12.5 Å². The van der Waals surface area contributed by atoms with E-state index in [9.17, 15) is 13.9 Å². The summed E-state index contributed by atoms with van der Waals surface area (Å²) in [5, 5.41) is 9.72. The SMILES string of the molecule is OC(Cc1nc2ccccc2o1)c1cc(F)c(Cl)cc1F. The van der Waals surface area contributed by atoms with Crippen molar-refractivity contribution in [1.29, 1.82) is 0 Å². The Kier molecular flexibility index (Phi) is 3.61. The first-order valence-electron chi connectivity index (χ1n) is 6.21. The lowest BCUT2D eigenvalue weighted by molar-refractivity contribution is 0.164. The Hall–Kier alpha value is -1.98. The predicted octanol–water partition coefficient (Wildman–Crippen LogP) is 4.04. The van der Waals surface area contributed by atoms with Crippen LogP contribution in [0, 0.1) is 11.6 Å². The maximum absolute atomic E-state index is 13.7. The van der Waals surface area contributed by atoms with Crippen molar-refractivity contribution in [3.8, 4) is 0 Å². The van der Waals surface area contributed by atoms with Crippen LogP contribution in [0.5, 0.6) is 0 Å². The number of nitrogens with zero attached hydrogens (tertiary/aromatic N) is 1. The molecule has 0 amide bonds. The van der Waals surface area contributed by atoms with E-state index in [1.807, 2.05) is 0 Å². The van der Waals surface area contributed by atoms with Crippen molar-refractivity contribution in [3.05, 3.63) is 64.5 Å². The molecule has 0 aliphatic rings. The summed E-state index contributed by atoms with van der Waals surface area (Å²) >= 11 is 5.48. The first-order chi connectivity index (χ1) is 10.0. The topological polar surface area (TPSA) is 46.3 Å². The number of hydrogen-bond acceptors (Lipinski definition) is 3. The van der Waals surface area contributed by atoms with Gasteiger partial charge in [-0.05, 0) is 24.3 Å². The molecule has 3 rings (SSSR count). The Morgan fingerprint density at radius 2 is 1.95 bits per heavy atom. The van der Waals surface area contributed by atoms with E-state index < -0.39 is 17.7 Å². The number of rotatable bonds is 3. The summed E-state index contributed by atoms with van der Waals surface area (Å²) in [6.07, 6.45) is -1.34. The number of halogens is 3. The highest BCUT2D eigenvalue weighted by molar-refractivity contribution is 6.30. The number of benzene rings is 2. The maximum atomic E-state index is 13.7. The van der Waals surface area contributed by atoms with Crippen molar-refractivity contribution < 1.29 is 18.3 Å². The molecule has 1 aromatic heterocycles. The molecule has 0 spiro atoms. The van der Waals surface area contributed by atoms with E-state index in [4.69, 9.17) is 16.0 Å². The molecule has 108 valence electrons. The van der Waals surface area contributed by atoms with Gasteiger partial charge in [0, 0.05) is 5.56 Å². The maximum Gasteiger partial charge on any atom is 0.198 e. The molecule has 6 heteroatoms. The average molecular weight is 310 g/mol. The molecule has 1 N–H and O–H groups in total. The first-order valence-corrected chi connectivity index (χ1v) is 6.59. The van der Waals surface area contributed by atoms with Gasteiger partial charge in [-0.1, -0.05) is 23.7 Å². The van der Waals surface area contributed by atoms with Crippen LogP contribution in [0.15, 0.2) is 40.8 Å². The van der Waals surface area contributed by atoms with Crippen LogP contribution in [0.4, 0.5) is 8.78 Å². The zero-order valence-electron chi connectivity index (χ0n) is 10.7. The van der Waals surface area contributed by atoms with Crippen molar-refractivity contribution in [1.82, 2.24) is 4.98 Å². The second-order valence-electron chi connectivity index (χ2n) is 4.58. The highest BCUT2D eigenvalue weighted by atomic mass is 35.5. The molecular formula is C15H10ClF2NO2. The standard InChI is InChI=1S/C15H10ClF2NO2/c16-9-6-10(17)8(5-11(9)18)13(20)7-15-19-12-3-1-2-4-14(12)21-15/h1-6,13,20H,7H2. The fourth-order valence-electron chi connectivity index (χ4n) is 2.08. The minimum Gasteiger partial charge on any atom is -0.441 e. The number of oxazole rings is 1. The molecule has 0 radical (unpaired) electrons. The third-order valence-corrected chi connectivity index (χ3v) is 3.39. The lowest BCUT2D eigenvalue weighted by atomic mass is 10.1. The number of para-hydroxylation sites is 2. The van der Waals surface area contributed by atoms with Gasteiger partial charge in [-0.2, -0.15) is 0 Å². The molecule has 1 unspecified atom stereocenters. The van der Waals surface area contributed by atoms with Crippen molar-refractivity contribution in [3.63, 3.8) is 0 Å². The molecule has 21 heavy (non-hydrogen) atoms. The van der Waals surface area contributed by atoms with E-state index in [1.165, 1.54) is 0 Å². The van der Waals surface area contributed by atoms with Crippen LogP contribution in [0.3, 0.4) is 0 Å². The molecule has 0 bridgehead atoms. The van der Waals surface area contributed by atoms with Gasteiger partial charge in [0.25, 0.3) is 0 Å². The Morgan fingerprint density at radius 1 is 1.19 bits per heavy atom. The van der Waals surface area contributed by atoms with Crippen LogP contribution in [-0.4, -0.2) is 10.1 Å². The molecule has 3 nitrogen and oxygen atoms in total. The smallest absolute Gasteiger partial charge is 0.198 e. The Morgan fingerprint density at radius 3 is 2.71 bits per heavy atom. The van der Waals surface area contributed by atoms with E-state index in [0.29, 0.717) is 11.1 Å². The monoisotopic (exact) mass is 309 g/mol. The second kappa shape index (κ2) is 5.42. The summed E-state index contributed by atoms with van der Waals surface area (Å²) in [4.78, 5) is 4.18. The van der Waals surface area contributed by atoms with E-state index in [1.54, 1.807) is 24.3 Å². The zero-order valence-corrected chi connectivity index (χ0v) is 11.4. The first kappa shape index (κ1) is 14.0. The number of hydrogen-bond donors (Lipinski definition) is 1. The van der Waals surface area contributed by atoms with Crippen molar-refractivity contribution >= 4 is 22.7 Å². The van der Waals surface area contributed by atoms with Gasteiger partial charge < -0.3 is 9.52 Å². The zero-order chi connectivity index (χ0) is 15.0. The third kappa shape index (κ3) is 2.75. The molecule has 0 saturated heterocycles. The molecular weight excluding hydrogens is 300 g/mol. The second-order valence-corrected chi connectivity index (χ2v) is 4.99. The molecule has 1 heterocycles. The van der Waals surface area contributed by atoms with Gasteiger partial charge in [0.2, 0.25) is 0 Å². The number of aromatic nitrogens is 1. The molecule has 0 aliphatic heterocycles. The van der Waals surface area contributed by atoms with E-state index in [0.717, 1.165) is 12.1 Å². The van der Waals surface area contributed by atoms with Crippen LogP contribution in [0.2, 0.25) is 5.02 Å². The summed E-state index contributed by atoms with van der Waals surface area (Å²) in [5.41, 5.74) is 1.03. The van der Waals surface area contributed by atoms with Crippen molar-refractivity contribution in [2.75, 3.05) is 0 Å². The third-order valence-electron chi connectivity index (χ3n) is 3.10. The quantitative estimate of drug-likeness (QED) is 0.743. The lowest BCUT2D eigenvalue weighted by Gasteiger charge is -2.10. The summed E-state index contributed by atoms with van der Waals surface area (Å²) in [6.45, 7) is 0. The van der Waals surface area contributed by atoms with Gasteiger partial charge in [0.05, 0.1) is 17.5 Å². The molecule has 2 aromatic carbocycles. The normalized spacial score (nSPS) is 12.8. The van der Waals surface area contributed by atoms with E-state index in [2.05, 4.69) is 4.98 Å². The predicted molar refractivity (Wildman–Crippen MR) is 74.0 cm³/mol. The van der Waals surface area contributed by atoms with Crippen LogP contribution in [0.25, 0.3) is 11.1 Å². The van der Waals surface area contributed by atoms with Crippen LogP contribution >= 0.6 is 11.6 Å². The Bertz CT molecular complexity index is 770. The van der Waals surface area contributed by atoms with Crippen LogP contribution in [0.1, 0.15) is 17.6 Å². The summed E-state index contributed by atoms with van der Waals surface area (Å²) in [5.74, 6) is -1.31. The van der Waals surface area contributed by atoms with Crippen LogP contribution < -0.4 is 0 Å².